The number of rotatable bonds is 7. The number of carbonyl (C=O) groups excluding carboxylic acids is 3. The molecule has 0 fully saturated rings. The third-order valence-corrected chi connectivity index (χ3v) is 5.95. The zero-order chi connectivity index (χ0) is 32.1. The fourth-order valence-electron chi connectivity index (χ4n) is 4.26. The molecule has 0 aliphatic heterocycles. The minimum atomic E-state index is -0.687. The molecule has 0 saturated carbocycles. The second-order valence-corrected chi connectivity index (χ2v) is 12.1. The normalized spacial score (nSPS) is 11.4. The monoisotopic (exact) mass is 590 g/mol. The Kier molecular flexibility index (Phi) is 10.0. The van der Waals surface area contributed by atoms with Crippen molar-refractivity contribution in [3.63, 3.8) is 0 Å². The van der Waals surface area contributed by atoms with Crippen molar-refractivity contribution in [3.05, 3.63) is 59.8 Å². The van der Waals surface area contributed by atoms with Gasteiger partial charge >= 0.3 is 12.2 Å². The van der Waals surface area contributed by atoms with Crippen molar-refractivity contribution in [2.24, 2.45) is 0 Å². The first-order chi connectivity index (χ1) is 20.0. The van der Waals surface area contributed by atoms with Crippen LogP contribution in [0.2, 0.25) is 0 Å². The van der Waals surface area contributed by atoms with E-state index in [4.69, 9.17) is 9.47 Å². The highest BCUT2D eigenvalue weighted by Crippen LogP contribution is 2.37. The zero-order valence-electron chi connectivity index (χ0n) is 26.7. The lowest BCUT2D eigenvalue weighted by Gasteiger charge is -2.36. The standard InChI is InChI=1S/C32H42N6O5/c1-11-42-30(41)38(31(3,4)5)25-18-16-21(34-28(39)22-17-15-20(2)33-27(22)37(9)10)19-23(25)24-13-12-14-26(35-24)36-29(40)43-32(6,7)8/h12-19H,11H2,1-10H3,(H,34,39)(H,35,36,40). The van der Waals surface area contributed by atoms with Crippen molar-refractivity contribution in [2.75, 3.05) is 41.1 Å². The summed E-state index contributed by atoms with van der Waals surface area (Å²) in [6.07, 6.45) is -1.18. The lowest BCUT2D eigenvalue weighted by molar-refractivity contribution is 0.0635. The Morgan fingerprint density at radius 1 is 0.907 bits per heavy atom. The van der Waals surface area contributed by atoms with Gasteiger partial charge in [0.15, 0.2) is 0 Å². The molecule has 0 unspecified atom stereocenters. The summed E-state index contributed by atoms with van der Waals surface area (Å²) in [5.41, 5.74) is 1.80. The van der Waals surface area contributed by atoms with Crippen LogP contribution in [0.15, 0.2) is 48.5 Å². The number of carbonyl (C=O) groups is 3. The van der Waals surface area contributed by atoms with Crippen LogP contribution >= 0.6 is 0 Å². The van der Waals surface area contributed by atoms with Crippen molar-refractivity contribution < 1.29 is 23.9 Å². The van der Waals surface area contributed by atoms with Gasteiger partial charge in [0.1, 0.15) is 17.2 Å². The minimum Gasteiger partial charge on any atom is -0.449 e. The topological polar surface area (TPSA) is 126 Å². The van der Waals surface area contributed by atoms with Gasteiger partial charge in [-0.1, -0.05) is 6.07 Å². The van der Waals surface area contributed by atoms with E-state index in [0.29, 0.717) is 34.0 Å². The Morgan fingerprint density at radius 2 is 1.60 bits per heavy atom. The van der Waals surface area contributed by atoms with Crippen LogP contribution in [0.3, 0.4) is 0 Å². The van der Waals surface area contributed by atoms with Gasteiger partial charge in [-0.3, -0.25) is 15.0 Å². The summed E-state index contributed by atoms with van der Waals surface area (Å²) < 4.78 is 10.8. The van der Waals surface area contributed by atoms with E-state index >= 15 is 0 Å². The number of hydrogen-bond acceptors (Lipinski definition) is 8. The predicted molar refractivity (Wildman–Crippen MR) is 170 cm³/mol. The zero-order valence-corrected chi connectivity index (χ0v) is 26.7. The number of nitrogens with one attached hydrogen (secondary N) is 2. The van der Waals surface area contributed by atoms with Gasteiger partial charge in [0.25, 0.3) is 5.91 Å². The van der Waals surface area contributed by atoms with Crippen LogP contribution in [0.4, 0.5) is 32.6 Å². The van der Waals surface area contributed by atoms with Gasteiger partial charge in [0, 0.05) is 36.6 Å². The van der Waals surface area contributed by atoms with E-state index in [1.54, 1.807) is 86.0 Å². The van der Waals surface area contributed by atoms with E-state index in [1.807, 2.05) is 41.8 Å². The fraction of sp³-hybridized carbons (Fsp3) is 0.406. The Hall–Kier alpha value is -4.67. The number of hydrogen-bond donors (Lipinski definition) is 2. The average Bonchev–Trinajstić information content (AvgIpc) is 2.87. The third-order valence-electron chi connectivity index (χ3n) is 5.95. The number of aryl methyl sites for hydroxylation is 1. The first kappa shape index (κ1) is 32.8. The summed E-state index contributed by atoms with van der Waals surface area (Å²) in [6, 6.07) is 13.8. The highest BCUT2D eigenvalue weighted by Gasteiger charge is 2.32. The Labute approximate surface area is 253 Å². The lowest BCUT2D eigenvalue weighted by Crippen LogP contribution is -2.46. The second-order valence-electron chi connectivity index (χ2n) is 12.1. The smallest absolute Gasteiger partial charge is 0.414 e. The Morgan fingerprint density at radius 3 is 2.21 bits per heavy atom. The molecule has 3 aromatic rings. The van der Waals surface area contributed by atoms with Gasteiger partial charge in [-0.15, -0.1) is 0 Å². The van der Waals surface area contributed by atoms with Crippen LogP contribution in [0, 0.1) is 6.92 Å². The number of pyridine rings is 2. The quantitative estimate of drug-likeness (QED) is 0.305. The maximum atomic E-state index is 13.4. The summed E-state index contributed by atoms with van der Waals surface area (Å²) >= 11 is 0. The van der Waals surface area contributed by atoms with Crippen molar-refractivity contribution in [2.45, 2.75) is 66.5 Å². The molecule has 11 nitrogen and oxygen atoms in total. The van der Waals surface area contributed by atoms with E-state index in [-0.39, 0.29) is 18.3 Å². The molecular weight excluding hydrogens is 548 g/mol. The molecule has 0 bridgehead atoms. The molecule has 3 rings (SSSR count). The predicted octanol–water partition coefficient (Wildman–Crippen LogP) is 6.88. The number of benzene rings is 1. The third kappa shape index (κ3) is 8.67. The highest BCUT2D eigenvalue weighted by atomic mass is 16.6. The van der Waals surface area contributed by atoms with Crippen molar-refractivity contribution >= 4 is 41.1 Å². The maximum absolute atomic E-state index is 13.4. The van der Waals surface area contributed by atoms with Crippen molar-refractivity contribution in [1.82, 2.24) is 9.97 Å². The van der Waals surface area contributed by atoms with Crippen LogP contribution < -0.4 is 20.4 Å². The number of anilines is 4. The molecule has 230 valence electrons. The minimum absolute atomic E-state index is 0.196. The average molecular weight is 591 g/mol. The molecule has 11 heteroatoms. The Balaban J connectivity index is 2.13. The van der Waals surface area contributed by atoms with Gasteiger partial charge < -0.3 is 19.7 Å². The molecule has 0 aliphatic carbocycles. The van der Waals surface area contributed by atoms with Gasteiger partial charge in [-0.2, -0.15) is 0 Å². The molecule has 0 aliphatic rings. The van der Waals surface area contributed by atoms with E-state index in [9.17, 15) is 14.4 Å². The number of aromatic nitrogens is 2. The van der Waals surface area contributed by atoms with Gasteiger partial charge in [-0.05, 0) is 97.9 Å². The molecule has 2 N–H and O–H groups in total. The molecule has 0 saturated heterocycles. The molecule has 0 spiro atoms. The molecule has 0 atom stereocenters. The van der Waals surface area contributed by atoms with Crippen LogP contribution in [0.25, 0.3) is 11.3 Å². The molecule has 2 heterocycles. The summed E-state index contributed by atoms with van der Waals surface area (Å²) in [5.74, 6) is 0.450. The first-order valence-electron chi connectivity index (χ1n) is 14.0. The molecule has 2 aromatic heterocycles. The first-order valence-corrected chi connectivity index (χ1v) is 14.0. The molecule has 3 amide bonds. The van der Waals surface area contributed by atoms with Crippen LogP contribution in [-0.2, 0) is 9.47 Å². The van der Waals surface area contributed by atoms with Crippen molar-refractivity contribution in [1.29, 1.82) is 0 Å². The second kappa shape index (κ2) is 13.1. The van der Waals surface area contributed by atoms with E-state index < -0.39 is 23.3 Å². The van der Waals surface area contributed by atoms with E-state index in [2.05, 4.69) is 20.6 Å². The van der Waals surface area contributed by atoms with E-state index in [1.165, 1.54) is 0 Å². The maximum Gasteiger partial charge on any atom is 0.414 e. The number of amides is 3. The van der Waals surface area contributed by atoms with Gasteiger partial charge in [0.2, 0.25) is 0 Å². The molecular formula is C32H42N6O5. The summed E-state index contributed by atoms with van der Waals surface area (Å²) in [5, 5.41) is 5.62. The molecule has 43 heavy (non-hydrogen) atoms. The summed E-state index contributed by atoms with van der Waals surface area (Å²) in [7, 11) is 3.65. The summed E-state index contributed by atoms with van der Waals surface area (Å²) in [4.78, 5) is 51.6. The largest absolute Gasteiger partial charge is 0.449 e. The van der Waals surface area contributed by atoms with Gasteiger partial charge in [-0.25, -0.2) is 19.6 Å². The van der Waals surface area contributed by atoms with Crippen LogP contribution in [0.1, 0.15) is 64.5 Å². The van der Waals surface area contributed by atoms with E-state index in [0.717, 1.165) is 5.69 Å². The van der Waals surface area contributed by atoms with Crippen molar-refractivity contribution in [3.8, 4) is 11.3 Å². The lowest BCUT2D eigenvalue weighted by atomic mass is 10.0. The van der Waals surface area contributed by atoms with Crippen LogP contribution in [-0.4, -0.2) is 59.9 Å². The number of ether oxygens (including phenoxy) is 2. The highest BCUT2D eigenvalue weighted by molar-refractivity contribution is 6.08. The SMILES string of the molecule is CCOC(=O)N(c1ccc(NC(=O)c2ccc(C)nc2N(C)C)cc1-c1cccc(NC(=O)OC(C)(C)C)n1)C(C)(C)C. The van der Waals surface area contributed by atoms with Crippen LogP contribution in [0.5, 0.6) is 0 Å². The fourth-order valence-corrected chi connectivity index (χ4v) is 4.26. The molecule has 0 radical (unpaired) electrons. The summed E-state index contributed by atoms with van der Waals surface area (Å²) in [6.45, 7) is 14.8. The number of nitrogens with zero attached hydrogens (tertiary/aromatic N) is 4. The van der Waals surface area contributed by atoms with Gasteiger partial charge in [0.05, 0.1) is 23.6 Å². The molecule has 1 aromatic carbocycles. The Bertz CT molecular complexity index is 1490.